The standard InChI is InChI=1S/C18H25N3O2/c1-14(22)16-2-4-17(5-3-16)20-8-10-21(11-9-20)18(23)12-15-6-7-19-13-15/h2-5,15,19H,6-13H2,1H3. The summed E-state index contributed by atoms with van der Waals surface area (Å²) < 4.78 is 0. The van der Waals surface area contributed by atoms with Crippen LogP contribution < -0.4 is 10.2 Å². The summed E-state index contributed by atoms with van der Waals surface area (Å²) in [4.78, 5) is 28.0. The highest BCUT2D eigenvalue weighted by Gasteiger charge is 2.25. The number of carbonyl (C=O) groups is 2. The minimum Gasteiger partial charge on any atom is -0.368 e. The van der Waals surface area contributed by atoms with Crippen LogP contribution in [0.2, 0.25) is 0 Å². The third-order valence-corrected chi connectivity index (χ3v) is 4.90. The lowest BCUT2D eigenvalue weighted by molar-refractivity contribution is -0.132. The third-order valence-electron chi connectivity index (χ3n) is 4.90. The molecule has 0 aliphatic carbocycles. The molecule has 1 aromatic rings. The van der Waals surface area contributed by atoms with Gasteiger partial charge < -0.3 is 15.1 Å². The SMILES string of the molecule is CC(=O)c1ccc(N2CCN(C(=O)CC3CCNC3)CC2)cc1. The van der Waals surface area contributed by atoms with E-state index in [0.717, 1.165) is 56.9 Å². The van der Waals surface area contributed by atoms with Crippen LogP contribution in [-0.2, 0) is 4.79 Å². The van der Waals surface area contributed by atoms with Crippen molar-refractivity contribution in [2.45, 2.75) is 19.8 Å². The number of nitrogens with zero attached hydrogens (tertiary/aromatic N) is 2. The van der Waals surface area contributed by atoms with E-state index in [0.29, 0.717) is 18.2 Å². The first-order chi connectivity index (χ1) is 11.1. The van der Waals surface area contributed by atoms with Crippen LogP contribution >= 0.6 is 0 Å². The minimum atomic E-state index is 0.0911. The summed E-state index contributed by atoms with van der Waals surface area (Å²) in [6.07, 6.45) is 1.80. The number of benzene rings is 1. The molecule has 0 aromatic heterocycles. The molecule has 0 saturated carbocycles. The number of piperazine rings is 1. The van der Waals surface area contributed by atoms with Crippen LogP contribution in [0.4, 0.5) is 5.69 Å². The minimum absolute atomic E-state index is 0.0911. The van der Waals surface area contributed by atoms with Gasteiger partial charge in [0.2, 0.25) is 5.91 Å². The number of ketones is 1. The summed E-state index contributed by atoms with van der Waals surface area (Å²) in [7, 11) is 0. The van der Waals surface area contributed by atoms with Crippen molar-refractivity contribution in [3.05, 3.63) is 29.8 Å². The molecule has 124 valence electrons. The maximum Gasteiger partial charge on any atom is 0.223 e. The average molecular weight is 315 g/mol. The van der Waals surface area contributed by atoms with Gasteiger partial charge in [0.15, 0.2) is 5.78 Å². The van der Waals surface area contributed by atoms with Crippen molar-refractivity contribution in [1.82, 2.24) is 10.2 Å². The molecular formula is C18H25N3O2. The summed E-state index contributed by atoms with van der Waals surface area (Å²) in [5.41, 5.74) is 1.87. The van der Waals surface area contributed by atoms with Crippen LogP contribution in [0.15, 0.2) is 24.3 Å². The molecule has 2 saturated heterocycles. The number of rotatable bonds is 4. The molecule has 0 spiro atoms. The highest BCUT2D eigenvalue weighted by atomic mass is 16.2. The van der Waals surface area contributed by atoms with Gasteiger partial charge in [-0.25, -0.2) is 0 Å². The lowest BCUT2D eigenvalue weighted by Gasteiger charge is -2.36. The van der Waals surface area contributed by atoms with Gasteiger partial charge in [0.05, 0.1) is 0 Å². The van der Waals surface area contributed by atoms with Crippen LogP contribution in [0.25, 0.3) is 0 Å². The van der Waals surface area contributed by atoms with Gasteiger partial charge in [-0.3, -0.25) is 9.59 Å². The molecule has 0 radical (unpaired) electrons. The van der Waals surface area contributed by atoms with Crippen molar-refractivity contribution < 1.29 is 9.59 Å². The first-order valence-corrected chi connectivity index (χ1v) is 8.48. The zero-order chi connectivity index (χ0) is 16.2. The third kappa shape index (κ3) is 3.91. The zero-order valence-corrected chi connectivity index (χ0v) is 13.8. The lowest BCUT2D eigenvalue weighted by atomic mass is 10.0. The number of hydrogen-bond donors (Lipinski definition) is 1. The molecule has 1 unspecified atom stereocenters. The van der Waals surface area contributed by atoms with Crippen LogP contribution in [0.3, 0.4) is 0 Å². The number of anilines is 1. The topological polar surface area (TPSA) is 52.7 Å². The maximum atomic E-state index is 12.4. The van der Waals surface area contributed by atoms with Crippen molar-refractivity contribution in [2.24, 2.45) is 5.92 Å². The van der Waals surface area contributed by atoms with Crippen LogP contribution in [0, 0.1) is 5.92 Å². The van der Waals surface area contributed by atoms with E-state index in [-0.39, 0.29) is 5.78 Å². The Morgan fingerprint density at radius 3 is 2.39 bits per heavy atom. The zero-order valence-electron chi connectivity index (χ0n) is 13.8. The van der Waals surface area contributed by atoms with E-state index >= 15 is 0 Å². The molecule has 2 fully saturated rings. The first kappa shape index (κ1) is 16.0. The van der Waals surface area contributed by atoms with Gasteiger partial charge in [-0.15, -0.1) is 0 Å². The summed E-state index contributed by atoms with van der Waals surface area (Å²) in [5.74, 6) is 0.901. The van der Waals surface area contributed by atoms with Crippen molar-refractivity contribution >= 4 is 17.4 Å². The fourth-order valence-corrected chi connectivity index (χ4v) is 3.39. The molecule has 1 N–H and O–H groups in total. The molecule has 1 aromatic carbocycles. The Morgan fingerprint density at radius 1 is 1.13 bits per heavy atom. The second kappa shape index (κ2) is 7.13. The van der Waals surface area contributed by atoms with Gasteiger partial charge in [0.1, 0.15) is 0 Å². The predicted octanol–water partition coefficient (Wildman–Crippen LogP) is 1.54. The Hall–Kier alpha value is -1.88. The number of hydrogen-bond acceptors (Lipinski definition) is 4. The molecule has 0 bridgehead atoms. The molecule has 3 rings (SSSR count). The Kier molecular flexibility index (Phi) is 4.96. The van der Waals surface area contributed by atoms with Gasteiger partial charge in [0, 0.05) is 43.9 Å². The van der Waals surface area contributed by atoms with E-state index < -0.39 is 0 Å². The molecule has 5 heteroatoms. The van der Waals surface area contributed by atoms with Crippen LogP contribution in [0.5, 0.6) is 0 Å². The Morgan fingerprint density at radius 2 is 1.83 bits per heavy atom. The van der Waals surface area contributed by atoms with Gasteiger partial charge in [0.25, 0.3) is 0 Å². The molecule has 2 aliphatic rings. The molecule has 2 aliphatic heterocycles. The van der Waals surface area contributed by atoms with E-state index in [1.54, 1.807) is 6.92 Å². The Balaban J connectivity index is 1.51. The largest absolute Gasteiger partial charge is 0.368 e. The molecular weight excluding hydrogens is 290 g/mol. The maximum absolute atomic E-state index is 12.4. The monoisotopic (exact) mass is 315 g/mol. The highest BCUT2D eigenvalue weighted by Crippen LogP contribution is 2.19. The van der Waals surface area contributed by atoms with Crippen molar-refractivity contribution in [1.29, 1.82) is 0 Å². The number of Topliss-reactive ketones (excluding diaryl/α,β-unsaturated/α-hetero) is 1. The van der Waals surface area contributed by atoms with E-state index in [1.807, 2.05) is 29.2 Å². The van der Waals surface area contributed by atoms with Crippen LogP contribution in [0.1, 0.15) is 30.1 Å². The van der Waals surface area contributed by atoms with Crippen LogP contribution in [-0.4, -0.2) is 55.9 Å². The van der Waals surface area contributed by atoms with Crippen molar-refractivity contribution in [2.75, 3.05) is 44.2 Å². The summed E-state index contributed by atoms with van der Waals surface area (Å²) in [6, 6.07) is 7.75. The fourth-order valence-electron chi connectivity index (χ4n) is 3.39. The fraction of sp³-hybridized carbons (Fsp3) is 0.556. The number of amides is 1. The first-order valence-electron chi connectivity index (χ1n) is 8.48. The second-order valence-corrected chi connectivity index (χ2v) is 6.53. The highest BCUT2D eigenvalue weighted by molar-refractivity contribution is 5.94. The summed E-state index contributed by atoms with van der Waals surface area (Å²) in [5, 5.41) is 3.32. The number of nitrogens with one attached hydrogen (secondary N) is 1. The van der Waals surface area contributed by atoms with Gasteiger partial charge in [-0.1, -0.05) is 0 Å². The van der Waals surface area contributed by atoms with E-state index in [4.69, 9.17) is 0 Å². The number of carbonyl (C=O) groups excluding carboxylic acids is 2. The average Bonchev–Trinajstić information content (AvgIpc) is 3.08. The smallest absolute Gasteiger partial charge is 0.223 e. The van der Waals surface area contributed by atoms with Crippen molar-refractivity contribution in [3.63, 3.8) is 0 Å². The van der Waals surface area contributed by atoms with E-state index in [9.17, 15) is 9.59 Å². The van der Waals surface area contributed by atoms with E-state index in [1.165, 1.54) is 0 Å². The quantitative estimate of drug-likeness (QED) is 0.856. The lowest BCUT2D eigenvalue weighted by Crippen LogP contribution is -2.49. The predicted molar refractivity (Wildman–Crippen MR) is 90.8 cm³/mol. The molecule has 23 heavy (non-hydrogen) atoms. The van der Waals surface area contributed by atoms with Gasteiger partial charge in [-0.2, -0.15) is 0 Å². The van der Waals surface area contributed by atoms with Crippen molar-refractivity contribution in [3.8, 4) is 0 Å². The van der Waals surface area contributed by atoms with Gasteiger partial charge >= 0.3 is 0 Å². The normalized spacial score (nSPS) is 21.5. The van der Waals surface area contributed by atoms with Gasteiger partial charge in [-0.05, 0) is 56.6 Å². The molecule has 2 heterocycles. The summed E-state index contributed by atoms with van der Waals surface area (Å²) in [6.45, 7) is 6.89. The Labute approximate surface area is 137 Å². The summed E-state index contributed by atoms with van der Waals surface area (Å²) >= 11 is 0. The second-order valence-electron chi connectivity index (χ2n) is 6.53. The molecule has 1 atom stereocenters. The molecule has 1 amide bonds. The Bertz CT molecular complexity index is 556. The molecule has 5 nitrogen and oxygen atoms in total. The van der Waals surface area contributed by atoms with E-state index in [2.05, 4.69) is 10.2 Å².